The van der Waals surface area contributed by atoms with Crippen molar-refractivity contribution in [2.75, 3.05) is 0 Å². The van der Waals surface area contributed by atoms with Crippen molar-refractivity contribution in [1.82, 2.24) is 0 Å². The predicted molar refractivity (Wildman–Crippen MR) is 93.9 cm³/mol. The van der Waals surface area contributed by atoms with Crippen LogP contribution in [0.5, 0.6) is 0 Å². The van der Waals surface area contributed by atoms with E-state index >= 15 is 0 Å². The largest absolute Gasteiger partial charge is 0.480 e. The van der Waals surface area contributed by atoms with E-state index in [0.29, 0.717) is 10.6 Å². The van der Waals surface area contributed by atoms with E-state index in [4.69, 9.17) is 16.7 Å². The molecule has 0 spiro atoms. The lowest BCUT2D eigenvalue weighted by atomic mass is 10.1. The van der Waals surface area contributed by atoms with Gasteiger partial charge in [0.05, 0.1) is 0 Å². The average Bonchev–Trinajstić information content (AvgIpc) is 2.44. The lowest BCUT2D eigenvalue weighted by Gasteiger charge is -2.05. The van der Waals surface area contributed by atoms with Crippen molar-refractivity contribution in [3.8, 4) is 0 Å². The van der Waals surface area contributed by atoms with Gasteiger partial charge in [-0.15, -0.1) is 12.6 Å². The van der Waals surface area contributed by atoms with Crippen LogP contribution in [0.1, 0.15) is 21.5 Å². The number of hydrogen-bond donors (Lipinski definition) is 2. The summed E-state index contributed by atoms with van der Waals surface area (Å²) in [5.74, 6) is -0.942. The molecule has 0 heterocycles. The van der Waals surface area contributed by atoms with Crippen LogP contribution in [0.4, 0.5) is 0 Å². The third-order valence-electron chi connectivity index (χ3n) is 2.89. The molecule has 0 aliphatic carbocycles. The highest BCUT2D eigenvalue weighted by Gasteiger charge is 2.17. The average molecular weight is 388 g/mol. The zero-order valence-corrected chi connectivity index (χ0v) is 14.9. The minimum Gasteiger partial charge on any atom is -0.480 e. The van der Waals surface area contributed by atoms with Crippen LogP contribution >= 0.6 is 40.2 Å². The number of halogens is 2. The highest BCUT2D eigenvalue weighted by atomic mass is 79.9. The molecule has 2 rings (SSSR count). The number of thiol groups is 1. The van der Waals surface area contributed by atoms with Gasteiger partial charge in [0.2, 0.25) is 0 Å². The number of benzene rings is 2. The Hall–Kier alpha value is -0.970. The van der Waals surface area contributed by atoms with Gasteiger partial charge in [-0.25, -0.2) is 0 Å². The number of alkyl halides is 1. The first-order valence-electron chi connectivity index (χ1n) is 6.20. The van der Waals surface area contributed by atoms with Gasteiger partial charge in [-0.1, -0.05) is 51.8 Å². The molecule has 0 aromatic heterocycles. The van der Waals surface area contributed by atoms with E-state index in [1.54, 1.807) is 24.3 Å². The molecule has 1 N–H and O–H groups in total. The first-order chi connectivity index (χ1) is 9.82. The standard InChI is InChI=1S/C8H6BrClO2.C8H10S/c9-7(8(11)12)5-3-1-2-4-6(5)10;1-6-3-4-8(9)5-7(6)2/h1-4,7H,(H,11,12);3-5,9H,1-2H3. The van der Waals surface area contributed by atoms with Gasteiger partial charge in [-0.05, 0) is 48.7 Å². The molecule has 0 bridgehead atoms. The molecule has 1 atom stereocenters. The quantitative estimate of drug-likeness (QED) is 0.531. The fraction of sp³-hybridized carbons (Fsp3) is 0.188. The smallest absolute Gasteiger partial charge is 0.321 e. The summed E-state index contributed by atoms with van der Waals surface area (Å²) in [6.07, 6.45) is 0. The zero-order chi connectivity index (χ0) is 16.0. The number of carboxylic acids is 1. The summed E-state index contributed by atoms with van der Waals surface area (Å²) in [5, 5.41) is 9.11. The number of carbonyl (C=O) groups is 1. The Labute approximate surface area is 143 Å². The summed E-state index contributed by atoms with van der Waals surface area (Å²) < 4.78 is 0. The SMILES string of the molecule is Cc1ccc(S)cc1C.O=C(O)C(Br)c1ccccc1Cl. The van der Waals surface area contributed by atoms with Crippen LogP contribution in [0, 0.1) is 13.8 Å². The second kappa shape index (κ2) is 8.47. The normalized spacial score (nSPS) is 11.3. The molecule has 0 amide bonds. The van der Waals surface area contributed by atoms with Gasteiger partial charge in [-0.3, -0.25) is 4.79 Å². The van der Waals surface area contributed by atoms with Gasteiger partial charge in [0.1, 0.15) is 4.83 Å². The van der Waals surface area contributed by atoms with E-state index < -0.39 is 10.8 Å². The zero-order valence-electron chi connectivity index (χ0n) is 11.7. The van der Waals surface area contributed by atoms with Gasteiger partial charge in [0, 0.05) is 9.92 Å². The van der Waals surface area contributed by atoms with E-state index in [1.807, 2.05) is 6.07 Å². The van der Waals surface area contributed by atoms with E-state index in [1.165, 1.54) is 11.1 Å². The summed E-state index contributed by atoms with van der Waals surface area (Å²) in [6, 6.07) is 13.0. The Bertz CT molecular complexity index is 631. The molecule has 0 radical (unpaired) electrons. The van der Waals surface area contributed by atoms with E-state index in [0.717, 1.165) is 4.90 Å². The third kappa shape index (κ3) is 5.73. The Kier molecular flexibility index (Phi) is 7.29. The molecule has 5 heteroatoms. The van der Waals surface area contributed by atoms with Gasteiger partial charge < -0.3 is 5.11 Å². The van der Waals surface area contributed by atoms with Crippen molar-refractivity contribution < 1.29 is 9.90 Å². The molecule has 21 heavy (non-hydrogen) atoms. The number of hydrogen-bond acceptors (Lipinski definition) is 2. The summed E-state index contributed by atoms with van der Waals surface area (Å²) in [4.78, 5) is 10.9. The Morgan fingerprint density at radius 3 is 2.29 bits per heavy atom. The van der Waals surface area contributed by atoms with Gasteiger partial charge in [0.15, 0.2) is 0 Å². The Morgan fingerprint density at radius 2 is 1.81 bits per heavy atom. The number of aliphatic carboxylic acids is 1. The maximum Gasteiger partial charge on any atom is 0.321 e. The second-order valence-corrected chi connectivity index (χ2v) is 6.33. The van der Waals surface area contributed by atoms with Crippen molar-refractivity contribution in [3.05, 3.63) is 64.2 Å². The van der Waals surface area contributed by atoms with Crippen LogP contribution in [-0.2, 0) is 4.79 Å². The molecule has 1 unspecified atom stereocenters. The molecular formula is C16H16BrClO2S. The number of rotatable bonds is 2. The number of carboxylic acid groups (broad SMARTS) is 1. The third-order valence-corrected chi connectivity index (χ3v) is 4.39. The topological polar surface area (TPSA) is 37.3 Å². The molecule has 112 valence electrons. The van der Waals surface area contributed by atoms with Crippen molar-refractivity contribution in [1.29, 1.82) is 0 Å². The predicted octanol–water partition coefficient (Wildman–Crippen LogP) is 5.45. The molecule has 0 saturated heterocycles. The van der Waals surface area contributed by atoms with Crippen LogP contribution in [0.2, 0.25) is 5.02 Å². The second-order valence-electron chi connectivity index (χ2n) is 4.49. The fourth-order valence-electron chi connectivity index (χ4n) is 1.54. The lowest BCUT2D eigenvalue weighted by Crippen LogP contribution is -2.04. The summed E-state index contributed by atoms with van der Waals surface area (Å²) >= 11 is 13.0. The number of aryl methyl sites for hydroxylation is 2. The Balaban J connectivity index is 0.000000219. The maximum absolute atomic E-state index is 10.5. The van der Waals surface area contributed by atoms with Crippen molar-refractivity contribution in [2.24, 2.45) is 0 Å². The summed E-state index contributed by atoms with van der Waals surface area (Å²) in [5.41, 5.74) is 3.21. The molecule has 2 aromatic rings. The highest BCUT2D eigenvalue weighted by Crippen LogP contribution is 2.28. The summed E-state index contributed by atoms with van der Waals surface area (Å²) in [7, 11) is 0. The van der Waals surface area contributed by atoms with Gasteiger partial charge in [0.25, 0.3) is 0 Å². The lowest BCUT2D eigenvalue weighted by molar-refractivity contribution is -0.136. The first-order valence-corrected chi connectivity index (χ1v) is 7.94. The molecule has 2 nitrogen and oxygen atoms in total. The molecule has 0 saturated carbocycles. The first kappa shape index (κ1) is 18.1. The molecular weight excluding hydrogens is 372 g/mol. The minimum atomic E-state index is -0.942. The van der Waals surface area contributed by atoms with Crippen LogP contribution < -0.4 is 0 Å². The fourth-order valence-corrected chi connectivity index (χ4v) is 2.58. The molecule has 0 aliphatic heterocycles. The van der Waals surface area contributed by atoms with E-state index in [2.05, 4.69) is 54.5 Å². The van der Waals surface area contributed by atoms with Gasteiger partial charge >= 0.3 is 5.97 Å². The molecule has 0 fully saturated rings. The van der Waals surface area contributed by atoms with Crippen molar-refractivity contribution in [2.45, 2.75) is 23.6 Å². The van der Waals surface area contributed by atoms with Crippen LogP contribution in [0.3, 0.4) is 0 Å². The monoisotopic (exact) mass is 386 g/mol. The van der Waals surface area contributed by atoms with Crippen molar-refractivity contribution >= 4 is 46.1 Å². The van der Waals surface area contributed by atoms with Crippen LogP contribution in [0.15, 0.2) is 47.4 Å². The van der Waals surface area contributed by atoms with E-state index in [9.17, 15) is 4.79 Å². The van der Waals surface area contributed by atoms with Gasteiger partial charge in [-0.2, -0.15) is 0 Å². The Morgan fingerprint density at radius 1 is 1.19 bits per heavy atom. The maximum atomic E-state index is 10.5. The summed E-state index contributed by atoms with van der Waals surface area (Å²) in [6.45, 7) is 4.19. The van der Waals surface area contributed by atoms with Crippen LogP contribution in [-0.4, -0.2) is 11.1 Å². The van der Waals surface area contributed by atoms with E-state index in [-0.39, 0.29) is 0 Å². The van der Waals surface area contributed by atoms with Crippen molar-refractivity contribution in [3.63, 3.8) is 0 Å². The van der Waals surface area contributed by atoms with Crippen LogP contribution in [0.25, 0.3) is 0 Å². The molecule has 0 aliphatic rings. The molecule has 2 aromatic carbocycles. The minimum absolute atomic E-state index is 0.460. The highest BCUT2D eigenvalue weighted by molar-refractivity contribution is 9.09.